The predicted octanol–water partition coefficient (Wildman–Crippen LogP) is 9.14. The van der Waals surface area contributed by atoms with Crippen LogP contribution in [0.25, 0.3) is 20.2 Å². The molecule has 0 unspecified atom stereocenters. The molecule has 2 aromatic carbocycles. The van der Waals surface area contributed by atoms with Gasteiger partial charge in [0.1, 0.15) is 5.75 Å². The number of rotatable bonds is 12. The van der Waals surface area contributed by atoms with Crippen molar-refractivity contribution in [3.05, 3.63) is 83.7 Å². The molecule has 0 aliphatic rings. The number of anilines is 1. The molecule has 0 spiro atoms. The first-order chi connectivity index (χ1) is 16.7. The van der Waals surface area contributed by atoms with Gasteiger partial charge in [-0.05, 0) is 60.3 Å². The molecule has 0 fully saturated rings. The molecule has 1 N–H and O–H groups in total. The first kappa shape index (κ1) is 24.2. The fraction of sp³-hybridized carbons (Fsp3) is 0.276. The summed E-state index contributed by atoms with van der Waals surface area (Å²) >= 11 is 3.50. The minimum Gasteiger partial charge on any atom is -0.423 e. The van der Waals surface area contributed by atoms with Gasteiger partial charge in [-0.25, -0.2) is 4.79 Å². The number of carbonyl (C=O) groups excluding carboxylic acids is 1. The lowest BCUT2D eigenvalue weighted by molar-refractivity contribution is 0.0735. The van der Waals surface area contributed by atoms with Crippen molar-refractivity contribution in [3.63, 3.8) is 0 Å². The standard InChI is InChI=1S/C29H31NO2S2/c1-2-3-4-5-6-10-19-30-25-16-15-22(29(31)32-23-12-8-7-9-13-23)21-24(25)26-17-18-28(34-26)27-14-11-20-33-27/h7-9,11-18,20-21,30H,2-6,10,19H2,1H3. The van der Waals surface area contributed by atoms with Crippen molar-refractivity contribution in [1.29, 1.82) is 0 Å². The van der Waals surface area contributed by atoms with Gasteiger partial charge >= 0.3 is 5.97 Å². The maximum absolute atomic E-state index is 12.8. The first-order valence-electron chi connectivity index (χ1n) is 12.0. The van der Waals surface area contributed by atoms with Gasteiger partial charge in [0.05, 0.1) is 5.56 Å². The lowest BCUT2D eigenvalue weighted by Crippen LogP contribution is -2.09. The van der Waals surface area contributed by atoms with Gasteiger partial charge in [0, 0.05) is 32.4 Å². The molecule has 3 nitrogen and oxygen atoms in total. The summed E-state index contributed by atoms with van der Waals surface area (Å²) < 4.78 is 5.59. The van der Waals surface area contributed by atoms with E-state index in [9.17, 15) is 4.79 Å². The molecule has 0 saturated carbocycles. The summed E-state index contributed by atoms with van der Waals surface area (Å²) in [6.45, 7) is 3.17. The second-order valence-electron chi connectivity index (χ2n) is 8.30. The van der Waals surface area contributed by atoms with Gasteiger partial charge in [-0.1, -0.05) is 63.3 Å². The number of unbranched alkanes of at least 4 members (excludes halogenated alkanes) is 5. The molecular weight excluding hydrogens is 458 g/mol. The molecule has 5 heteroatoms. The number of esters is 1. The summed E-state index contributed by atoms with van der Waals surface area (Å²) in [7, 11) is 0. The molecule has 2 heterocycles. The summed E-state index contributed by atoms with van der Waals surface area (Å²) in [5.41, 5.74) is 2.65. The zero-order chi connectivity index (χ0) is 23.6. The number of thiophene rings is 2. The van der Waals surface area contributed by atoms with Gasteiger partial charge in [-0.3, -0.25) is 0 Å². The van der Waals surface area contributed by atoms with Crippen LogP contribution in [0.15, 0.2) is 78.2 Å². The Hall–Kier alpha value is -2.89. The predicted molar refractivity (Wildman–Crippen MR) is 146 cm³/mol. The molecule has 4 aromatic rings. The van der Waals surface area contributed by atoms with Crippen molar-refractivity contribution >= 4 is 34.3 Å². The quantitative estimate of drug-likeness (QED) is 0.122. The van der Waals surface area contributed by atoms with Crippen molar-refractivity contribution in [2.45, 2.75) is 45.4 Å². The zero-order valence-electron chi connectivity index (χ0n) is 19.6. The summed E-state index contributed by atoms with van der Waals surface area (Å²) in [6, 6.07) is 23.6. The van der Waals surface area contributed by atoms with E-state index < -0.39 is 0 Å². The fourth-order valence-electron chi connectivity index (χ4n) is 3.85. The lowest BCUT2D eigenvalue weighted by atomic mass is 10.1. The van der Waals surface area contributed by atoms with E-state index in [4.69, 9.17) is 4.74 Å². The highest BCUT2D eigenvalue weighted by Crippen LogP contribution is 2.39. The minimum atomic E-state index is -0.343. The molecule has 0 radical (unpaired) electrons. The molecule has 176 valence electrons. The number of benzene rings is 2. The van der Waals surface area contributed by atoms with Crippen LogP contribution in [0.1, 0.15) is 55.8 Å². The molecule has 4 rings (SSSR count). The molecular formula is C29H31NO2S2. The third kappa shape index (κ3) is 6.58. The third-order valence-electron chi connectivity index (χ3n) is 5.69. The largest absolute Gasteiger partial charge is 0.423 e. The van der Waals surface area contributed by atoms with Gasteiger partial charge in [0.2, 0.25) is 0 Å². The average molecular weight is 490 g/mol. The normalized spacial score (nSPS) is 10.9. The maximum atomic E-state index is 12.8. The van der Waals surface area contributed by atoms with Crippen molar-refractivity contribution in [2.75, 3.05) is 11.9 Å². The van der Waals surface area contributed by atoms with Crippen LogP contribution in [-0.4, -0.2) is 12.5 Å². The summed E-state index contributed by atoms with van der Waals surface area (Å²) in [4.78, 5) is 16.5. The van der Waals surface area contributed by atoms with Crippen molar-refractivity contribution in [1.82, 2.24) is 0 Å². The Bertz CT molecular complexity index is 1170. The van der Waals surface area contributed by atoms with Crippen molar-refractivity contribution in [2.24, 2.45) is 0 Å². The third-order valence-corrected chi connectivity index (χ3v) is 7.87. The van der Waals surface area contributed by atoms with Crippen LogP contribution >= 0.6 is 22.7 Å². The van der Waals surface area contributed by atoms with E-state index in [0.717, 1.165) is 29.1 Å². The van der Waals surface area contributed by atoms with E-state index in [0.29, 0.717) is 11.3 Å². The van der Waals surface area contributed by atoms with Gasteiger partial charge in [0.25, 0.3) is 0 Å². The second kappa shape index (κ2) is 12.5. The molecule has 34 heavy (non-hydrogen) atoms. The Kier molecular flexibility index (Phi) is 8.94. The fourth-order valence-corrected chi connectivity index (χ4v) is 5.72. The summed E-state index contributed by atoms with van der Waals surface area (Å²) in [5.74, 6) is 0.209. The zero-order valence-corrected chi connectivity index (χ0v) is 21.2. The van der Waals surface area contributed by atoms with Gasteiger partial charge in [-0.15, -0.1) is 22.7 Å². The van der Waals surface area contributed by atoms with Crippen LogP contribution in [0.5, 0.6) is 5.75 Å². The van der Waals surface area contributed by atoms with Crippen LogP contribution < -0.4 is 10.1 Å². The monoisotopic (exact) mass is 489 g/mol. The van der Waals surface area contributed by atoms with E-state index >= 15 is 0 Å². The van der Waals surface area contributed by atoms with E-state index in [2.05, 4.69) is 41.9 Å². The van der Waals surface area contributed by atoms with Crippen LogP contribution in [0.2, 0.25) is 0 Å². The van der Waals surface area contributed by atoms with Gasteiger partial charge in [0.15, 0.2) is 0 Å². The number of hydrogen-bond donors (Lipinski definition) is 1. The van der Waals surface area contributed by atoms with Crippen LogP contribution in [0, 0.1) is 0 Å². The summed E-state index contributed by atoms with van der Waals surface area (Å²) in [5, 5.41) is 5.72. The Morgan fingerprint density at radius 3 is 2.41 bits per heavy atom. The van der Waals surface area contributed by atoms with Crippen LogP contribution in [0.4, 0.5) is 5.69 Å². The molecule has 2 aromatic heterocycles. The lowest BCUT2D eigenvalue weighted by Gasteiger charge is -2.13. The number of hydrogen-bond acceptors (Lipinski definition) is 5. The molecule has 0 bridgehead atoms. The molecule has 0 amide bonds. The highest BCUT2D eigenvalue weighted by Gasteiger charge is 2.15. The van der Waals surface area contributed by atoms with Crippen molar-refractivity contribution in [3.8, 4) is 25.9 Å². The number of carbonyl (C=O) groups is 1. The first-order valence-corrected chi connectivity index (χ1v) is 13.7. The number of nitrogens with one attached hydrogen (secondary N) is 1. The number of para-hydroxylation sites is 1. The topological polar surface area (TPSA) is 38.3 Å². The van der Waals surface area contributed by atoms with Crippen LogP contribution in [-0.2, 0) is 0 Å². The van der Waals surface area contributed by atoms with E-state index in [1.807, 2.05) is 36.4 Å². The smallest absolute Gasteiger partial charge is 0.343 e. The molecule has 0 saturated heterocycles. The average Bonchev–Trinajstić information content (AvgIpc) is 3.56. The Morgan fingerprint density at radius 1 is 0.824 bits per heavy atom. The molecule has 0 aliphatic carbocycles. The Labute approximate surface area is 210 Å². The maximum Gasteiger partial charge on any atom is 0.343 e. The van der Waals surface area contributed by atoms with Crippen LogP contribution in [0.3, 0.4) is 0 Å². The number of ether oxygens (including phenoxy) is 1. The van der Waals surface area contributed by atoms with Gasteiger partial charge < -0.3 is 10.1 Å². The van der Waals surface area contributed by atoms with E-state index in [1.165, 1.54) is 41.9 Å². The highest BCUT2D eigenvalue weighted by molar-refractivity contribution is 7.23. The van der Waals surface area contributed by atoms with E-state index in [-0.39, 0.29) is 5.97 Å². The molecule has 0 atom stereocenters. The summed E-state index contributed by atoms with van der Waals surface area (Å²) in [6.07, 6.45) is 7.59. The Balaban J connectivity index is 1.52. The van der Waals surface area contributed by atoms with E-state index in [1.54, 1.807) is 34.8 Å². The SMILES string of the molecule is CCCCCCCCNc1ccc(C(=O)Oc2ccccc2)cc1-c1ccc(-c2cccs2)s1. The highest BCUT2D eigenvalue weighted by atomic mass is 32.1. The van der Waals surface area contributed by atoms with Gasteiger partial charge in [-0.2, -0.15) is 0 Å². The van der Waals surface area contributed by atoms with Crippen molar-refractivity contribution < 1.29 is 9.53 Å². The molecule has 0 aliphatic heterocycles. The minimum absolute atomic E-state index is 0.343. The Morgan fingerprint density at radius 2 is 1.62 bits per heavy atom. The second-order valence-corrected chi connectivity index (χ2v) is 10.3.